The summed E-state index contributed by atoms with van der Waals surface area (Å²) in [6.45, 7) is 1.09. The topological polar surface area (TPSA) is 49.9 Å². The number of carbonyl (C=O) groups is 2. The molecular formula is C24H22Cl2F4N2O3. The number of hydrogen-bond acceptors (Lipinski definition) is 4. The van der Waals surface area contributed by atoms with Gasteiger partial charge in [0, 0.05) is 35.6 Å². The maximum absolute atomic E-state index is 13.2. The van der Waals surface area contributed by atoms with Gasteiger partial charge in [-0.05, 0) is 66.6 Å². The molecule has 2 saturated heterocycles. The summed E-state index contributed by atoms with van der Waals surface area (Å²) in [5.41, 5.74) is 2.14. The Hall–Kier alpha value is -2.36. The van der Waals surface area contributed by atoms with Crippen molar-refractivity contribution in [1.29, 1.82) is 0 Å². The Morgan fingerprint density at radius 1 is 0.971 bits per heavy atom. The first-order valence-electron chi connectivity index (χ1n) is 11.1. The van der Waals surface area contributed by atoms with Gasteiger partial charge in [-0.1, -0.05) is 35.3 Å². The van der Waals surface area contributed by atoms with Crippen LogP contribution < -0.4 is 0 Å². The lowest BCUT2D eigenvalue weighted by atomic mass is 9.95. The highest BCUT2D eigenvalue weighted by molar-refractivity contribution is 6.36. The van der Waals surface area contributed by atoms with Crippen molar-refractivity contribution in [2.45, 2.75) is 38.0 Å². The molecule has 11 heteroatoms. The highest BCUT2D eigenvalue weighted by Crippen LogP contribution is 2.36. The fourth-order valence-corrected chi connectivity index (χ4v) is 5.11. The number of carbonyl (C=O) groups excluding carboxylic acids is 2. The quantitative estimate of drug-likeness (QED) is 0.367. The smallest absolute Gasteiger partial charge is 0.456 e. The number of nitrogens with zero attached hydrogens (tertiary/aromatic N) is 2. The Kier molecular flexibility index (Phi) is 7.59. The van der Waals surface area contributed by atoms with Crippen molar-refractivity contribution < 1.29 is 31.9 Å². The van der Waals surface area contributed by atoms with Gasteiger partial charge in [0.05, 0.1) is 0 Å². The van der Waals surface area contributed by atoms with Crippen LogP contribution in [0.25, 0.3) is 11.1 Å². The molecule has 2 aromatic carbocycles. The van der Waals surface area contributed by atoms with Crippen LogP contribution in [0.1, 0.15) is 24.8 Å². The van der Waals surface area contributed by atoms with Gasteiger partial charge in [0.25, 0.3) is 0 Å². The second-order valence-corrected chi connectivity index (χ2v) is 9.45. The van der Waals surface area contributed by atoms with Crippen molar-refractivity contribution >= 4 is 35.1 Å². The first-order valence-corrected chi connectivity index (χ1v) is 11.9. The second kappa shape index (κ2) is 10.3. The summed E-state index contributed by atoms with van der Waals surface area (Å²) in [4.78, 5) is 24.1. The number of ether oxygens (including phenoxy) is 1. The summed E-state index contributed by atoms with van der Waals surface area (Å²) < 4.78 is 55.0. The zero-order valence-electron chi connectivity index (χ0n) is 18.5. The van der Waals surface area contributed by atoms with Gasteiger partial charge in [-0.2, -0.15) is 13.2 Å². The normalized spacial score (nSPS) is 19.9. The number of benzene rings is 2. The van der Waals surface area contributed by atoms with Crippen LogP contribution in [0.3, 0.4) is 0 Å². The number of rotatable bonds is 5. The fourth-order valence-electron chi connectivity index (χ4n) is 4.47. The van der Waals surface area contributed by atoms with Gasteiger partial charge in [-0.15, -0.1) is 0 Å². The van der Waals surface area contributed by atoms with E-state index in [1.165, 1.54) is 12.1 Å². The molecular weight excluding hydrogens is 511 g/mol. The van der Waals surface area contributed by atoms with Gasteiger partial charge in [-0.25, -0.2) is 14.2 Å². The van der Waals surface area contributed by atoms with Gasteiger partial charge in [0.15, 0.2) is 0 Å². The third-order valence-electron chi connectivity index (χ3n) is 6.33. The third-order valence-corrected chi connectivity index (χ3v) is 7.00. The van der Waals surface area contributed by atoms with Crippen LogP contribution in [0.4, 0.5) is 17.6 Å². The number of alkyl halides is 3. The molecule has 1 atom stereocenters. The average Bonchev–Trinajstić information content (AvgIpc) is 3.16. The van der Waals surface area contributed by atoms with E-state index < -0.39 is 18.2 Å². The predicted molar refractivity (Wildman–Crippen MR) is 122 cm³/mol. The Morgan fingerprint density at radius 2 is 1.57 bits per heavy atom. The number of halogens is 6. The molecule has 0 aromatic heterocycles. The van der Waals surface area contributed by atoms with Crippen LogP contribution in [0, 0.1) is 11.7 Å². The van der Waals surface area contributed by atoms with Crippen LogP contribution in [0.2, 0.25) is 10.0 Å². The van der Waals surface area contributed by atoms with Crippen molar-refractivity contribution in [3.63, 3.8) is 0 Å². The molecule has 1 amide bonds. The Balaban J connectivity index is 1.36. The van der Waals surface area contributed by atoms with Gasteiger partial charge < -0.3 is 4.74 Å². The average molecular weight is 533 g/mol. The lowest BCUT2D eigenvalue weighted by molar-refractivity contribution is -0.208. The van der Waals surface area contributed by atoms with Crippen LogP contribution in [0.5, 0.6) is 0 Å². The highest BCUT2D eigenvalue weighted by atomic mass is 35.5. The Labute approximate surface area is 209 Å². The molecule has 0 bridgehead atoms. The minimum Gasteiger partial charge on any atom is -0.456 e. The molecule has 0 spiro atoms. The Bertz CT molecular complexity index is 1080. The van der Waals surface area contributed by atoms with Gasteiger partial charge >= 0.3 is 12.1 Å². The molecule has 188 valence electrons. The summed E-state index contributed by atoms with van der Waals surface area (Å²) in [6.07, 6.45) is -4.51. The minimum absolute atomic E-state index is 0.106. The number of hydrazine groups is 1. The fraction of sp³-hybridized carbons (Fsp3) is 0.417. The molecule has 35 heavy (non-hydrogen) atoms. The van der Waals surface area contributed by atoms with E-state index in [2.05, 4.69) is 4.74 Å². The van der Waals surface area contributed by atoms with Crippen molar-refractivity contribution in [2.24, 2.45) is 5.92 Å². The molecule has 2 aliphatic rings. The van der Waals surface area contributed by atoms with E-state index in [0.717, 1.165) is 11.1 Å². The zero-order chi connectivity index (χ0) is 25.3. The van der Waals surface area contributed by atoms with Crippen molar-refractivity contribution in [2.75, 3.05) is 19.6 Å². The van der Waals surface area contributed by atoms with Gasteiger partial charge in [0.2, 0.25) is 5.91 Å². The van der Waals surface area contributed by atoms with Crippen molar-refractivity contribution in [1.82, 2.24) is 10.0 Å². The van der Waals surface area contributed by atoms with Crippen LogP contribution in [-0.4, -0.2) is 53.8 Å². The molecule has 2 heterocycles. The number of amides is 1. The number of esters is 1. The number of piperidine rings is 1. The van der Waals surface area contributed by atoms with Gasteiger partial charge in [-0.3, -0.25) is 9.80 Å². The molecule has 0 radical (unpaired) electrons. The first kappa shape index (κ1) is 25.7. The molecule has 0 unspecified atom stereocenters. The molecule has 5 nitrogen and oxygen atoms in total. The summed E-state index contributed by atoms with van der Waals surface area (Å²) in [6, 6.07) is 9.42. The zero-order valence-corrected chi connectivity index (χ0v) is 20.0. The van der Waals surface area contributed by atoms with E-state index in [-0.39, 0.29) is 30.5 Å². The van der Waals surface area contributed by atoms with E-state index in [0.29, 0.717) is 48.1 Å². The monoisotopic (exact) mass is 532 g/mol. The van der Waals surface area contributed by atoms with Crippen molar-refractivity contribution in [3.8, 4) is 11.1 Å². The maximum atomic E-state index is 13.2. The van der Waals surface area contributed by atoms with E-state index >= 15 is 0 Å². The molecule has 0 N–H and O–H groups in total. The molecule has 2 aliphatic heterocycles. The van der Waals surface area contributed by atoms with Crippen LogP contribution in [-0.2, 0) is 20.7 Å². The van der Waals surface area contributed by atoms with Crippen molar-refractivity contribution in [3.05, 3.63) is 57.8 Å². The molecule has 0 saturated carbocycles. The summed E-state index contributed by atoms with van der Waals surface area (Å²) in [5, 5.41) is 4.23. The van der Waals surface area contributed by atoms with Crippen LogP contribution in [0.15, 0.2) is 36.4 Å². The second-order valence-electron chi connectivity index (χ2n) is 8.63. The summed E-state index contributed by atoms with van der Waals surface area (Å²) >= 11 is 13.0. The van der Waals surface area contributed by atoms with E-state index in [4.69, 9.17) is 23.2 Å². The van der Waals surface area contributed by atoms with Crippen LogP contribution >= 0.6 is 23.2 Å². The minimum atomic E-state index is -5.02. The molecule has 2 aromatic rings. The maximum Gasteiger partial charge on any atom is 0.490 e. The first-order chi connectivity index (χ1) is 16.5. The van der Waals surface area contributed by atoms with E-state index in [1.807, 2.05) is 0 Å². The lowest BCUT2D eigenvalue weighted by Crippen LogP contribution is -2.50. The number of hydrogen-bond donors (Lipinski definition) is 0. The summed E-state index contributed by atoms with van der Waals surface area (Å²) in [7, 11) is 0. The SMILES string of the molecule is O=C1[C@H](Cc2c(Cl)cc(-c3ccc(F)cc3)cc2Cl)CCN1N1CCC(OC(=O)C(F)(F)F)CC1. The Morgan fingerprint density at radius 3 is 2.14 bits per heavy atom. The van der Waals surface area contributed by atoms with Gasteiger partial charge in [0.1, 0.15) is 11.9 Å². The molecule has 0 aliphatic carbocycles. The molecule has 2 fully saturated rings. The lowest BCUT2D eigenvalue weighted by Gasteiger charge is -2.37. The standard InChI is InChI=1S/C24H22Cl2F4N2O3/c25-20-12-16(14-1-3-17(27)4-2-14)13-21(26)19(20)11-15-5-10-32(22(15)33)31-8-6-18(7-9-31)35-23(34)24(28,29)30/h1-4,12-13,15,18H,5-11H2/t15-/m0/s1. The van der Waals surface area contributed by atoms with E-state index in [9.17, 15) is 27.2 Å². The molecule has 4 rings (SSSR count). The third kappa shape index (κ3) is 5.90. The largest absolute Gasteiger partial charge is 0.490 e. The van der Waals surface area contributed by atoms with E-state index in [1.54, 1.807) is 34.3 Å². The highest BCUT2D eigenvalue weighted by Gasteiger charge is 2.43. The summed E-state index contributed by atoms with van der Waals surface area (Å²) in [5.74, 6) is -2.99. The predicted octanol–water partition coefficient (Wildman–Crippen LogP) is 5.68.